The van der Waals surface area contributed by atoms with Gasteiger partial charge in [0.25, 0.3) is 0 Å². The third-order valence-corrected chi connectivity index (χ3v) is 2.13. The summed E-state index contributed by atoms with van der Waals surface area (Å²) in [6.07, 6.45) is 2.09. The minimum Gasteiger partial charge on any atom is -0.372 e. The standard InChI is InChI=1S/C10H18N2O3/c1-3-15-6-9(13)11-7(2)10(14)12-8-4-5-8/h7-8H,3-6H2,1-2H3,(H,11,13)(H,12,14). The number of hydrogen-bond donors (Lipinski definition) is 2. The maximum absolute atomic E-state index is 11.4. The quantitative estimate of drug-likeness (QED) is 0.644. The van der Waals surface area contributed by atoms with Crippen LogP contribution in [0.5, 0.6) is 0 Å². The van der Waals surface area contributed by atoms with Gasteiger partial charge in [-0.15, -0.1) is 0 Å². The second kappa shape index (κ2) is 5.70. The minimum atomic E-state index is -0.487. The van der Waals surface area contributed by atoms with E-state index in [1.165, 1.54) is 0 Å². The summed E-state index contributed by atoms with van der Waals surface area (Å²) in [4.78, 5) is 22.6. The van der Waals surface area contributed by atoms with E-state index in [0.717, 1.165) is 12.8 Å². The Morgan fingerprint density at radius 1 is 1.47 bits per heavy atom. The fourth-order valence-corrected chi connectivity index (χ4v) is 1.10. The first-order chi connectivity index (χ1) is 7.13. The normalized spacial score (nSPS) is 16.9. The van der Waals surface area contributed by atoms with Gasteiger partial charge >= 0.3 is 0 Å². The van der Waals surface area contributed by atoms with E-state index >= 15 is 0 Å². The van der Waals surface area contributed by atoms with Gasteiger partial charge < -0.3 is 15.4 Å². The van der Waals surface area contributed by atoms with Crippen LogP contribution in [-0.2, 0) is 14.3 Å². The summed E-state index contributed by atoms with van der Waals surface area (Å²) in [7, 11) is 0. The molecule has 1 aliphatic rings. The number of carbonyl (C=O) groups excluding carboxylic acids is 2. The van der Waals surface area contributed by atoms with Gasteiger partial charge in [-0.25, -0.2) is 0 Å². The number of hydrogen-bond acceptors (Lipinski definition) is 3. The molecule has 1 saturated carbocycles. The largest absolute Gasteiger partial charge is 0.372 e. The van der Waals surface area contributed by atoms with Gasteiger partial charge in [-0.1, -0.05) is 0 Å². The molecule has 0 aromatic rings. The molecule has 0 bridgehead atoms. The summed E-state index contributed by atoms with van der Waals surface area (Å²) < 4.78 is 4.93. The van der Waals surface area contributed by atoms with Gasteiger partial charge in [-0.05, 0) is 26.7 Å². The van der Waals surface area contributed by atoms with E-state index < -0.39 is 6.04 Å². The molecule has 1 atom stereocenters. The predicted octanol–water partition coefficient (Wildman–Crippen LogP) is -0.194. The van der Waals surface area contributed by atoms with Crippen LogP contribution < -0.4 is 10.6 Å². The first-order valence-corrected chi connectivity index (χ1v) is 5.31. The Morgan fingerprint density at radius 3 is 2.67 bits per heavy atom. The molecule has 86 valence electrons. The lowest BCUT2D eigenvalue weighted by molar-refractivity contribution is -0.131. The molecule has 2 N–H and O–H groups in total. The number of ether oxygens (including phenoxy) is 1. The van der Waals surface area contributed by atoms with Crippen LogP contribution in [0.2, 0.25) is 0 Å². The molecule has 5 nitrogen and oxygen atoms in total. The smallest absolute Gasteiger partial charge is 0.246 e. The molecule has 15 heavy (non-hydrogen) atoms. The zero-order chi connectivity index (χ0) is 11.3. The van der Waals surface area contributed by atoms with E-state index in [4.69, 9.17) is 4.74 Å². The highest BCUT2D eigenvalue weighted by Gasteiger charge is 2.26. The minimum absolute atomic E-state index is 0.0115. The fraction of sp³-hybridized carbons (Fsp3) is 0.800. The first kappa shape index (κ1) is 12.0. The average molecular weight is 214 g/mol. The van der Waals surface area contributed by atoms with Crippen molar-refractivity contribution in [2.45, 2.75) is 38.8 Å². The average Bonchev–Trinajstić information content (AvgIpc) is 2.98. The number of nitrogens with one attached hydrogen (secondary N) is 2. The van der Waals surface area contributed by atoms with Crippen molar-refractivity contribution in [1.29, 1.82) is 0 Å². The summed E-state index contributed by atoms with van der Waals surface area (Å²) in [6.45, 7) is 3.99. The molecule has 0 radical (unpaired) electrons. The maximum atomic E-state index is 11.4. The van der Waals surface area contributed by atoms with Crippen LogP contribution in [0.15, 0.2) is 0 Å². The van der Waals surface area contributed by atoms with Gasteiger partial charge in [0, 0.05) is 12.6 Å². The Balaban J connectivity index is 2.17. The van der Waals surface area contributed by atoms with E-state index in [0.29, 0.717) is 12.6 Å². The van der Waals surface area contributed by atoms with E-state index in [1.807, 2.05) is 6.92 Å². The first-order valence-electron chi connectivity index (χ1n) is 5.31. The fourth-order valence-electron chi connectivity index (χ4n) is 1.10. The SMILES string of the molecule is CCOCC(=O)NC(C)C(=O)NC1CC1. The summed E-state index contributed by atoms with van der Waals surface area (Å²) in [5, 5.41) is 5.39. The molecular formula is C10H18N2O3. The summed E-state index contributed by atoms with van der Waals surface area (Å²) >= 11 is 0. The monoisotopic (exact) mass is 214 g/mol. The zero-order valence-electron chi connectivity index (χ0n) is 9.21. The zero-order valence-corrected chi connectivity index (χ0v) is 9.21. The number of carbonyl (C=O) groups is 2. The Kier molecular flexibility index (Phi) is 4.55. The molecule has 0 heterocycles. The highest BCUT2D eigenvalue weighted by molar-refractivity contribution is 5.87. The van der Waals surface area contributed by atoms with Crippen molar-refractivity contribution in [2.24, 2.45) is 0 Å². The third-order valence-electron chi connectivity index (χ3n) is 2.13. The van der Waals surface area contributed by atoms with Crippen LogP contribution in [-0.4, -0.2) is 37.1 Å². The third kappa shape index (κ3) is 4.78. The molecule has 0 aromatic carbocycles. The second-order valence-corrected chi connectivity index (χ2v) is 3.71. The molecule has 1 rings (SSSR count). The van der Waals surface area contributed by atoms with E-state index in [-0.39, 0.29) is 18.4 Å². The highest BCUT2D eigenvalue weighted by atomic mass is 16.5. The van der Waals surface area contributed by atoms with Gasteiger partial charge in [0.05, 0.1) is 0 Å². The molecule has 0 saturated heterocycles. The predicted molar refractivity (Wildman–Crippen MR) is 55.3 cm³/mol. The lowest BCUT2D eigenvalue weighted by atomic mass is 10.3. The molecule has 1 aliphatic carbocycles. The summed E-state index contributed by atoms with van der Waals surface area (Å²) in [5.41, 5.74) is 0. The topological polar surface area (TPSA) is 67.4 Å². The molecular weight excluding hydrogens is 196 g/mol. The van der Waals surface area contributed by atoms with Crippen LogP contribution in [0.3, 0.4) is 0 Å². The lowest BCUT2D eigenvalue weighted by Gasteiger charge is -2.13. The van der Waals surface area contributed by atoms with Crippen molar-refractivity contribution in [3.8, 4) is 0 Å². The highest BCUT2D eigenvalue weighted by Crippen LogP contribution is 2.18. The van der Waals surface area contributed by atoms with Crippen LogP contribution >= 0.6 is 0 Å². The molecule has 2 amide bonds. The molecule has 0 aliphatic heterocycles. The van der Waals surface area contributed by atoms with Crippen LogP contribution in [0, 0.1) is 0 Å². The molecule has 1 fully saturated rings. The van der Waals surface area contributed by atoms with Crippen molar-refractivity contribution in [2.75, 3.05) is 13.2 Å². The molecule has 5 heteroatoms. The summed E-state index contributed by atoms with van der Waals surface area (Å²) in [5.74, 6) is -0.377. The van der Waals surface area contributed by atoms with Crippen molar-refractivity contribution in [1.82, 2.24) is 10.6 Å². The van der Waals surface area contributed by atoms with Crippen LogP contribution in [0.1, 0.15) is 26.7 Å². The second-order valence-electron chi connectivity index (χ2n) is 3.71. The van der Waals surface area contributed by atoms with E-state index in [2.05, 4.69) is 10.6 Å². The van der Waals surface area contributed by atoms with Gasteiger partial charge in [-0.3, -0.25) is 9.59 Å². The van der Waals surface area contributed by atoms with Crippen molar-refractivity contribution < 1.29 is 14.3 Å². The van der Waals surface area contributed by atoms with Gasteiger partial charge in [-0.2, -0.15) is 0 Å². The Labute approximate surface area is 89.6 Å². The molecule has 0 aromatic heterocycles. The van der Waals surface area contributed by atoms with Crippen LogP contribution in [0.25, 0.3) is 0 Å². The number of amides is 2. The van der Waals surface area contributed by atoms with Crippen LogP contribution in [0.4, 0.5) is 0 Å². The Bertz CT molecular complexity index is 239. The number of rotatable bonds is 6. The van der Waals surface area contributed by atoms with Gasteiger partial charge in [0.2, 0.25) is 11.8 Å². The van der Waals surface area contributed by atoms with Crippen molar-refractivity contribution >= 4 is 11.8 Å². The van der Waals surface area contributed by atoms with Crippen molar-refractivity contribution in [3.05, 3.63) is 0 Å². The lowest BCUT2D eigenvalue weighted by Crippen LogP contribution is -2.46. The Hall–Kier alpha value is -1.10. The summed E-state index contributed by atoms with van der Waals surface area (Å²) in [6, 6.07) is -0.165. The maximum Gasteiger partial charge on any atom is 0.246 e. The van der Waals surface area contributed by atoms with Gasteiger partial charge in [0.15, 0.2) is 0 Å². The van der Waals surface area contributed by atoms with E-state index in [9.17, 15) is 9.59 Å². The molecule has 0 spiro atoms. The Morgan fingerprint density at radius 2 is 2.13 bits per heavy atom. The van der Waals surface area contributed by atoms with Gasteiger partial charge in [0.1, 0.15) is 12.6 Å². The van der Waals surface area contributed by atoms with Crippen molar-refractivity contribution in [3.63, 3.8) is 0 Å². The van der Waals surface area contributed by atoms with E-state index in [1.54, 1.807) is 6.92 Å². The molecule has 1 unspecified atom stereocenters.